The number of carboxylic acids is 1. The molecule has 1 saturated heterocycles. The van der Waals surface area contributed by atoms with Crippen LogP contribution in [-0.4, -0.2) is 55.4 Å². The molecule has 1 rings (SSSR count). The van der Waals surface area contributed by atoms with Crippen LogP contribution in [0.3, 0.4) is 0 Å². The predicted octanol–water partition coefficient (Wildman–Crippen LogP) is -1.34. The van der Waals surface area contributed by atoms with Crippen LogP contribution in [0.4, 0.5) is 4.79 Å². The molecule has 102 valence electrons. The molecule has 4 N–H and O–H groups in total. The Labute approximate surface area is 104 Å². The van der Waals surface area contributed by atoms with Gasteiger partial charge in [0, 0.05) is 26.1 Å². The molecule has 3 amide bonds. The number of urea groups is 1. The van der Waals surface area contributed by atoms with Crippen LogP contribution < -0.4 is 16.0 Å². The zero-order valence-electron chi connectivity index (χ0n) is 10.1. The summed E-state index contributed by atoms with van der Waals surface area (Å²) in [6.07, 6.45) is 0.0927. The highest BCUT2D eigenvalue weighted by molar-refractivity contribution is 5.79. The van der Waals surface area contributed by atoms with E-state index >= 15 is 0 Å². The average Bonchev–Trinajstić information content (AvgIpc) is 2.73. The minimum Gasteiger partial charge on any atom is -0.479 e. The van der Waals surface area contributed by atoms with E-state index in [9.17, 15) is 14.4 Å². The summed E-state index contributed by atoms with van der Waals surface area (Å²) in [5.74, 6) is -1.16. The number of amides is 3. The van der Waals surface area contributed by atoms with Crippen LogP contribution in [0.25, 0.3) is 0 Å². The van der Waals surface area contributed by atoms with E-state index < -0.39 is 18.1 Å². The fourth-order valence-corrected chi connectivity index (χ4v) is 1.57. The van der Waals surface area contributed by atoms with Crippen LogP contribution in [-0.2, 0) is 14.3 Å². The lowest BCUT2D eigenvalue weighted by Crippen LogP contribution is -2.46. The van der Waals surface area contributed by atoms with Gasteiger partial charge in [-0.25, -0.2) is 9.59 Å². The van der Waals surface area contributed by atoms with Gasteiger partial charge in [-0.2, -0.15) is 0 Å². The number of rotatable bonds is 6. The van der Waals surface area contributed by atoms with Crippen molar-refractivity contribution in [1.82, 2.24) is 16.0 Å². The Morgan fingerprint density at radius 1 is 1.56 bits per heavy atom. The summed E-state index contributed by atoms with van der Waals surface area (Å²) in [5.41, 5.74) is 0. The number of carboxylic acid groups (broad SMARTS) is 1. The number of aliphatic carboxylic acids is 1. The van der Waals surface area contributed by atoms with Crippen LogP contribution >= 0.6 is 0 Å². The summed E-state index contributed by atoms with van der Waals surface area (Å²) >= 11 is 0. The van der Waals surface area contributed by atoms with Gasteiger partial charge in [0.1, 0.15) is 0 Å². The fraction of sp³-hybridized carbons (Fsp3) is 0.700. The van der Waals surface area contributed by atoms with E-state index in [1.165, 1.54) is 7.11 Å². The SMILES string of the molecule is COC(CNC(=O)NCC1CCC(=O)N1)C(=O)O. The van der Waals surface area contributed by atoms with Crippen molar-refractivity contribution in [2.45, 2.75) is 25.0 Å². The van der Waals surface area contributed by atoms with Crippen molar-refractivity contribution in [2.75, 3.05) is 20.2 Å². The molecule has 0 aliphatic carbocycles. The molecule has 1 aliphatic heterocycles. The van der Waals surface area contributed by atoms with Gasteiger partial charge in [0.25, 0.3) is 0 Å². The summed E-state index contributed by atoms with van der Waals surface area (Å²) in [6, 6.07) is -0.541. The standard InChI is InChI=1S/C10H17N3O5/c1-18-7(9(15)16)5-12-10(17)11-4-6-2-3-8(14)13-6/h6-7H,2-5H2,1H3,(H,13,14)(H,15,16)(H2,11,12,17). The molecule has 1 heterocycles. The van der Waals surface area contributed by atoms with E-state index in [2.05, 4.69) is 20.7 Å². The molecular formula is C10H17N3O5. The normalized spacial score (nSPS) is 20.1. The van der Waals surface area contributed by atoms with Crippen molar-refractivity contribution in [3.63, 3.8) is 0 Å². The highest BCUT2D eigenvalue weighted by atomic mass is 16.5. The van der Waals surface area contributed by atoms with Crippen LogP contribution in [0.15, 0.2) is 0 Å². The molecular weight excluding hydrogens is 242 g/mol. The molecule has 2 unspecified atom stereocenters. The number of nitrogens with one attached hydrogen (secondary N) is 3. The van der Waals surface area contributed by atoms with Gasteiger partial charge in [-0.3, -0.25) is 4.79 Å². The molecule has 8 nitrogen and oxygen atoms in total. The first-order valence-electron chi connectivity index (χ1n) is 5.59. The maximum Gasteiger partial charge on any atom is 0.334 e. The Hall–Kier alpha value is -1.83. The zero-order chi connectivity index (χ0) is 13.5. The molecule has 0 aromatic carbocycles. The van der Waals surface area contributed by atoms with Crippen LogP contribution in [0, 0.1) is 0 Å². The summed E-state index contributed by atoms with van der Waals surface area (Å²) in [5, 5.41) is 16.3. The van der Waals surface area contributed by atoms with Crippen molar-refractivity contribution in [3.05, 3.63) is 0 Å². The van der Waals surface area contributed by atoms with Crippen molar-refractivity contribution in [3.8, 4) is 0 Å². The van der Waals surface area contributed by atoms with E-state index in [0.29, 0.717) is 19.4 Å². The number of methoxy groups -OCH3 is 1. The largest absolute Gasteiger partial charge is 0.479 e. The molecule has 0 radical (unpaired) electrons. The van der Waals surface area contributed by atoms with E-state index in [-0.39, 0.29) is 18.5 Å². The molecule has 2 atom stereocenters. The summed E-state index contributed by atoms with van der Waals surface area (Å²) in [6.45, 7) is 0.205. The third-order valence-corrected chi connectivity index (χ3v) is 2.60. The molecule has 18 heavy (non-hydrogen) atoms. The highest BCUT2D eigenvalue weighted by Crippen LogP contribution is 2.04. The van der Waals surface area contributed by atoms with Gasteiger partial charge in [-0.1, -0.05) is 0 Å². The Bertz CT molecular complexity index is 333. The Kier molecular flexibility index (Phi) is 5.37. The summed E-state index contributed by atoms with van der Waals surface area (Å²) in [7, 11) is 1.26. The van der Waals surface area contributed by atoms with Crippen LogP contribution in [0.2, 0.25) is 0 Å². The zero-order valence-corrected chi connectivity index (χ0v) is 10.1. The van der Waals surface area contributed by atoms with Gasteiger partial charge in [0.2, 0.25) is 5.91 Å². The minimum absolute atomic E-state index is 0.0208. The van der Waals surface area contributed by atoms with Crippen LogP contribution in [0.5, 0.6) is 0 Å². The number of ether oxygens (including phenoxy) is 1. The van der Waals surface area contributed by atoms with E-state index in [0.717, 1.165) is 0 Å². The lowest BCUT2D eigenvalue weighted by atomic mass is 10.2. The molecule has 1 fully saturated rings. The molecule has 0 bridgehead atoms. The molecule has 0 saturated carbocycles. The number of hydrogen-bond acceptors (Lipinski definition) is 4. The minimum atomic E-state index is -1.14. The lowest BCUT2D eigenvalue weighted by molar-refractivity contribution is -0.148. The summed E-state index contributed by atoms with van der Waals surface area (Å²) in [4.78, 5) is 32.8. The van der Waals surface area contributed by atoms with E-state index in [4.69, 9.17) is 5.11 Å². The van der Waals surface area contributed by atoms with Gasteiger partial charge >= 0.3 is 12.0 Å². The van der Waals surface area contributed by atoms with Crippen molar-refractivity contribution >= 4 is 17.9 Å². The number of carbonyl (C=O) groups excluding carboxylic acids is 2. The second-order valence-corrected chi connectivity index (χ2v) is 3.96. The third kappa shape index (κ3) is 4.58. The van der Waals surface area contributed by atoms with Gasteiger partial charge in [-0.05, 0) is 6.42 Å². The molecule has 0 aromatic heterocycles. The smallest absolute Gasteiger partial charge is 0.334 e. The fourth-order valence-electron chi connectivity index (χ4n) is 1.57. The molecule has 0 spiro atoms. The van der Waals surface area contributed by atoms with Gasteiger partial charge in [-0.15, -0.1) is 0 Å². The first-order chi connectivity index (χ1) is 8.52. The number of carbonyl (C=O) groups is 3. The maximum absolute atomic E-state index is 11.3. The Morgan fingerprint density at radius 3 is 2.78 bits per heavy atom. The third-order valence-electron chi connectivity index (χ3n) is 2.60. The highest BCUT2D eigenvalue weighted by Gasteiger charge is 2.21. The van der Waals surface area contributed by atoms with E-state index in [1.54, 1.807) is 0 Å². The first-order valence-corrected chi connectivity index (χ1v) is 5.59. The second kappa shape index (κ2) is 6.80. The van der Waals surface area contributed by atoms with Crippen molar-refractivity contribution < 1.29 is 24.2 Å². The number of hydrogen-bond donors (Lipinski definition) is 4. The second-order valence-electron chi connectivity index (χ2n) is 3.96. The van der Waals surface area contributed by atoms with E-state index in [1.807, 2.05) is 0 Å². The topological polar surface area (TPSA) is 117 Å². The molecule has 1 aliphatic rings. The Morgan fingerprint density at radius 2 is 2.28 bits per heavy atom. The monoisotopic (exact) mass is 259 g/mol. The molecule has 8 heteroatoms. The summed E-state index contributed by atoms with van der Waals surface area (Å²) < 4.78 is 4.66. The quantitative estimate of drug-likeness (QED) is 0.471. The van der Waals surface area contributed by atoms with Crippen molar-refractivity contribution in [1.29, 1.82) is 0 Å². The van der Waals surface area contributed by atoms with Crippen LogP contribution in [0.1, 0.15) is 12.8 Å². The lowest BCUT2D eigenvalue weighted by Gasteiger charge is -2.14. The maximum atomic E-state index is 11.3. The van der Waals surface area contributed by atoms with Gasteiger partial charge in [0.15, 0.2) is 6.10 Å². The predicted molar refractivity (Wildman–Crippen MR) is 61.0 cm³/mol. The molecule has 0 aromatic rings. The average molecular weight is 259 g/mol. The first kappa shape index (κ1) is 14.2. The van der Waals surface area contributed by atoms with Crippen molar-refractivity contribution in [2.24, 2.45) is 0 Å². The van der Waals surface area contributed by atoms with Gasteiger partial charge in [0.05, 0.1) is 6.54 Å². The van der Waals surface area contributed by atoms with Gasteiger partial charge < -0.3 is 25.8 Å². The Balaban J connectivity index is 2.17.